The zero-order chi connectivity index (χ0) is 16.3. The molecule has 1 saturated heterocycles. The van der Waals surface area contributed by atoms with E-state index in [1.807, 2.05) is 6.20 Å². The lowest BCUT2D eigenvalue weighted by Gasteiger charge is -2.37. The highest BCUT2D eigenvalue weighted by Crippen LogP contribution is 2.43. The second-order valence-electron chi connectivity index (χ2n) is 7.28. The highest BCUT2D eigenvalue weighted by Gasteiger charge is 2.45. The topological polar surface area (TPSA) is 53.6 Å². The maximum Gasteiger partial charge on any atom is 0.124 e. The number of nitrogens with zero attached hydrogens (tertiary/aromatic N) is 2. The van der Waals surface area contributed by atoms with Crippen LogP contribution in [0.15, 0.2) is 76.6 Å². The summed E-state index contributed by atoms with van der Waals surface area (Å²) in [5, 5.41) is 3.37. The fourth-order valence-electron chi connectivity index (χ4n) is 4.44. The second kappa shape index (κ2) is 4.76. The predicted octanol–water partition coefficient (Wildman–Crippen LogP) is 2.31. The maximum absolute atomic E-state index is 6.34. The van der Waals surface area contributed by atoms with E-state index in [9.17, 15) is 0 Å². The van der Waals surface area contributed by atoms with Crippen LogP contribution in [-0.2, 0) is 0 Å². The van der Waals surface area contributed by atoms with Crippen LogP contribution in [0, 0.1) is 0 Å². The van der Waals surface area contributed by atoms with Crippen molar-refractivity contribution >= 4 is 5.84 Å². The van der Waals surface area contributed by atoms with Crippen molar-refractivity contribution in [1.82, 2.24) is 10.2 Å². The van der Waals surface area contributed by atoms with Crippen LogP contribution in [0.2, 0.25) is 0 Å². The molecule has 0 radical (unpaired) electrons. The Kier molecular flexibility index (Phi) is 2.76. The molecule has 4 atom stereocenters. The second-order valence-corrected chi connectivity index (χ2v) is 7.28. The third-order valence-electron chi connectivity index (χ3n) is 5.82. The molecule has 4 unspecified atom stereocenters. The van der Waals surface area contributed by atoms with Gasteiger partial charge in [0.1, 0.15) is 5.84 Å². The SMILES string of the molecule is CC1(C2C=CC(N3C4CC=CC=C4C4=C(N)C=CCC43)=N2)C=CN1. The number of nitrogens with one attached hydrogen (secondary N) is 1. The van der Waals surface area contributed by atoms with Gasteiger partial charge in [-0.3, -0.25) is 4.99 Å². The number of hydrogen-bond acceptors (Lipinski definition) is 4. The molecule has 24 heavy (non-hydrogen) atoms. The summed E-state index contributed by atoms with van der Waals surface area (Å²) in [5.41, 5.74) is 9.88. The molecule has 4 nitrogen and oxygen atoms in total. The number of allylic oxidation sites excluding steroid dienone is 3. The van der Waals surface area contributed by atoms with Gasteiger partial charge in [0.2, 0.25) is 0 Å². The Morgan fingerprint density at radius 2 is 2.08 bits per heavy atom. The number of hydrogen-bond donors (Lipinski definition) is 2. The normalized spacial score (nSPS) is 38.5. The maximum atomic E-state index is 6.34. The van der Waals surface area contributed by atoms with E-state index in [4.69, 9.17) is 10.7 Å². The summed E-state index contributed by atoms with van der Waals surface area (Å²) in [5.74, 6) is 1.10. The van der Waals surface area contributed by atoms with Gasteiger partial charge >= 0.3 is 0 Å². The molecule has 5 rings (SSSR count). The fraction of sp³-hybridized carbons (Fsp3) is 0.350. The highest BCUT2D eigenvalue weighted by atomic mass is 15.3. The van der Waals surface area contributed by atoms with E-state index in [1.54, 1.807) is 0 Å². The van der Waals surface area contributed by atoms with Gasteiger partial charge in [0.25, 0.3) is 0 Å². The molecule has 3 heterocycles. The highest BCUT2D eigenvalue weighted by molar-refractivity contribution is 5.97. The fourth-order valence-corrected chi connectivity index (χ4v) is 4.44. The molecular weight excluding hydrogens is 296 g/mol. The molecule has 0 aromatic heterocycles. The zero-order valence-electron chi connectivity index (χ0n) is 13.8. The number of amidine groups is 1. The van der Waals surface area contributed by atoms with Gasteiger partial charge < -0.3 is 16.0 Å². The first kappa shape index (κ1) is 13.9. The van der Waals surface area contributed by atoms with Crippen molar-refractivity contribution in [1.29, 1.82) is 0 Å². The minimum Gasteiger partial charge on any atom is -0.398 e. The molecule has 3 N–H and O–H groups in total. The molecule has 0 aromatic rings. The largest absolute Gasteiger partial charge is 0.398 e. The average Bonchev–Trinajstić information content (AvgIpc) is 3.15. The molecule has 0 saturated carbocycles. The van der Waals surface area contributed by atoms with E-state index in [0.717, 1.165) is 24.4 Å². The smallest absolute Gasteiger partial charge is 0.124 e. The quantitative estimate of drug-likeness (QED) is 0.780. The Labute approximate surface area is 142 Å². The van der Waals surface area contributed by atoms with Crippen LogP contribution in [-0.4, -0.2) is 34.4 Å². The molecule has 4 heteroatoms. The summed E-state index contributed by atoms with van der Waals surface area (Å²) in [7, 11) is 0. The van der Waals surface area contributed by atoms with E-state index in [2.05, 4.69) is 65.7 Å². The predicted molar refractivity (Wildman–Crippen MR) is 97.3 cm³/mol. The Morgan fingerprint density at radius 3 is 2.88 bits per heavy atom. The van der Waals surface area contributed by atoms with Crippen LogP contribution in [0.5, 0.6) is 0 Å². The molecule has 0 aromatic carbocycles. The monoisotopic (exact) mass is 318 g/mol. The number of fused-ring (bicyclic) bond motifs is 3. The molecule has 5 aliphatic rings. The molecular formula is C20H22N4. The summed E-state index contributed by atoms with van der Waals surface area (Å²) in [6.07, 6.45) is 21.5. The van der Waals surface area contributed by atoms with Crippen LogP contribution in [0.4, 0.5) is 0 Å². The van der Waals surface area contributed by atoms with Gasteiger partial charge in [0.05, 0.1) is 23.7 Å². The van der Waals surface area contributed by atoms with E-state index in [-0.39, 0.29) is 11.6 Å². The number of aliphatic imine (C=N–C) groups is 1. The molecule has 0 spiro atoms. The third kappa shape index (κ3) is 1.77. The Morgan fingerprint density at radius 1 is 1.25 bits per heavy atom. The number of likely N-dealkylation sites (tertiary alicyclic amines) is 1. The summed E-state index contributed by atoms with van der Waals surface area (Å²) < 4.78 is 0. The van der Waals surface area contributed by atoms with E-state index < -0.39 is 0 Å². The Balaban J connectivity index is 1.55. The van der Waals surface area contributed by atoms with Crippen LogP contribution >= 0.6 is 0 Å². The Hall–Kier alpha value is -2.49. The third-order valence-corrected chi connectivity index (χ3v) is 5.82. The van der Waals surface area contributed by atoms with Gasteiger partial charge in [0.15, 0.2) is 0 Å². The van der Waals surface area contributed by atoms with E-state index in [0.29, 0.717) is 12.1 Å². The first-order valence-electron chi connectivity index (χ1n) is 8.70. The standard InChI is InChI=1S/C20H22N4/c1-20(11-12-22-20)17-9-10-18(23-17)24-15-7-3-2-5-13(15)19-14(21)6-4-8-16(19)24/h2-6,9-12,15-17,22H,7-8,21H2,1H3. The van der Waals surface area contributed by atoms with Crippen molar-refractivity contribution in [2.45, 2.75) is 43.4 Å². The zero-order valence-corrected chi connectivity index (χ0v) is 13.8. The van der Waals surface area contributed by atoms with Crippen molar-refractivity contribution in [3.8, 4) is 0 Å². The van der Waals surface area contributed by atoms with E-state index in [1.165, 1.54) is 11.1 Å². The molecule has 0 bridgehead atoms. The summed E-state index contributed by atoms with van der Waals surface area (Å²) >= 11 is 0. The average molecular weight is 318 g/mol. The Bertz CT molecular complexity index is 807. The van der Waals surface area contributed by atoms with Crippen molar-refractivity contribution < 1.29 is 0 Å². The molecule has 3 aliphatic heterocycles. The lowest BCUT2D eigenvalue weighted by atomic mass is 9.89. The summed E-state index contributed by atoms with van der Waals surface area (Å²) in [6, 6.07) is 0.827. The van der Waals surface area contributed by atoms with E-state index >= 15 is 0 Å². The van der Waals surface area contributed by atoms with Crippen LogP contribution in [0.3, 0.4) is 0 Å². The van der Waals surface area contributed by atoms with Crippen molar-refractivity contribution in [2.24, 2.45) is 10.7 Å². The van der Waals surface area contributed by atoms with Gasteiger partial charge in [-0.1, -0.05) is 30.4 Å². The number of nitrogens with two attached hydrogens (primary N) is 1. The minimum atomic E-state index is -0.0483. The van der Waals surface area contributed by atoms with Crippen LogP contribution in [0.1, 0.15) is 19.8 Å². The molecule has 1 fully saturated rings. The molecule has 122 valence electrons. The summed E-state index contributed by atoms with van der Waals surface area (Å²) in [6.45, 7) is 2.19. The molecule has 0 amide bonds. The van der Waals surface area contributed by atoms with Crippen LogP contribution < -0.4 is 11.1 Å². The minimum absolute atomic E-state index is 0.0483. The summed E-state index contributed by atoms with van der Waals surface area (Å²) in [4.78, 5) is 7.54. The number of rotatable bonds is 1. The first-order valence-corrected chi connectivity index (χ1v) is 8.70. The first-order chi connectivity index (χ1) is 11.7. The van der Waals surface area contributed by atoms with Gasteiger partial charge in [-0.2, -0.15) is 0 Å². The molecule has 2 aliphatic carbocycles. The van der Waals surface area contributed by atoms with Gasteiger partial charge in [-0.25, -0.2) is 0 Å². The lowest BCUT2D eigenvalue weighted by molar-refractivity contribution is 0.334. The van der Waals surface area contributed by atoms with Crippen molar-refractivity contribution in [3.63, 3.8) is 0 Å². The lowest BCUT2D eigenvalue weighted by Crippen LogP contribution is -2.52. The van der Waals surface area contributed by atoms with Gasteiger partial charge in [-0.15, -0.1) is 0 Å². The van der Waals surface area contributed by atoms with Crippen LogP contribution in [0.25, 0.3) is 0 Å². The van der Waals surface area contributed by atoms with Gasteiger partial charge in [0, 0.05) is 11.3 Å². The van der Waals surface area contributed by atoms with Gasteiger partial charge in [-0.05, 0) is 49.8 Å². The van der Waals surface area contributed by atoms with Crippen molar-refractivity contribution in [2.75, 3.05) is 0 Å². The van der Waals surface area contributed by atoms with Crippen molar-refractivity contribution in [3.05, 3.63) is 71.7 Å².